The molecule has 0 spiro atoms. The van der Waals surface area contributed by atoms with Crippen LogP contribution in [0.15, 0.2) is 0 Å². The summed E-state index contributed by atoms with van der Waals surface area (Å²) >= 11 is 0. The molecule has 102 valence electrons. The lowest BCUT2D eigenvalue weighted by Crippen LogP contribution is -2.45. The number of nitrogens with one attached hydrogen (secondary N) is 1. The Morgan fingerprint density at radius 3 is 2.59 bits per heavy atom. The van der Waals surface area contributed by atoms with Gasteiger partial charge in [-0.25, -0.2) is 0 Å². The summed E-state index contributed by atoms with van der Waals surface area (Å²) in [5.41, 5.74) is -0.0877. The van der Waals surface area contributed by atoms with Gasteiger partial charge in [0.15, 0.2) is 0 Å². The van der Waals surface area contributed by atoms with Gasteiger partial charge < -0.3 is 10.4 Å². The Balaban J connectivity index is 2.35. The Morgan fingerprint density at radius 1 is 1.41 bits per heavy atom. The summed E-state index contributed by atoms with van der Waals surface area (Å²) in [6.45, 7) is 11.7. The van der Waals surface area contributed by atoms with Gasteiger partial charge in [0.1, 0.15) is 0 Å². The molecule has 1 aliphatic carbocycles. The third-order valence-corrected chi connectivity index (χ3v) is 3.82. The first-order chi connectivity index (χ1) is 7.70. The van der Waals surface area contributed by atoms with E-state index in [4.69, 9.17) is 0 Å². The van der Waals surface area contributed by atoms with Gasteiger partial charge in [0.05, 0.1) is 5.60 Å². The first-order valence-electron chi connectivity index (χ1n) is 7.16. The van der Waals surface area contributed by atoms with Gasteiger partial charge in [-0.2, -0.15) is 0 Å². The van der Waals surface area contributed by atoms with E-state index in [0.29, 0.717) is 17.4 Å². The molecular formula is C15H31NO. The molecule has 0 heterocycles. The van der Waals surface area contributed by atoms with Crippen LogP contribution in [-0.2, 0) is 0 Å². The average molecular weight is 241 g/mol. The van der Waals surface area contributed by atoms with Gasteiger partial charge >= 0.3 is 0 Å². The lowest BCUT2D eigenvalue weighted by molar-refractivity contribution is 0.0319. The van der Waals surface area contributed by atoms with E-state index >= 15 is 0 Å². The third kappa shape index (κ3) is 5.87. The first-order valence-corrected chi connectivity index (χ1v) is 7.16. The molecule has 2 heteroatoms. The highest BCUT2D eigenvalue weighted by Crippen LogP contribution is 2.35. The van der Waals surface area contributed by atoms with Crippen molar-refractivity contribution in [1.82, 2.24) is 5.32 Å². The van der Waals surface area contributed by atoms with E-state index in [1.165, 1.54) is 25.7 Å². The number of aliphatic hydroxyl groups is 1. The van der Waals surface area contributed by atoms with Crippen molar-refractivity contribution in [2.75, 3.05) is 6.54 Å². The summed E-state index contributed by atoms with van der Waals surface area (Å²) in [4.78, 5) is 0. The lowest BCUT2D eigenvalue weighted by Gasteiger charge is -2.37. The Morgan fingerprint density at radius 2 is 2.06 bits per heavy atom. The number of hydrogen-bond acceptors (Lipinski definition) is 2. The van der Waals surface area contributed by atoms with E-state index < -0.39 is 5.60 Å². The summed E-state index contributed by atoms with van der Waals surface area (Å²) < 4.78 is 0. The molecule has 0 radical (unpaired) electrons. The van der Waals surface area contributed by atoms with Crippen LogP contribution < -0.4 is 5.32 Å². The number of rotatable bonds is 5. The van der Waals surface area contributed by atoms with Gasteiger partial charge in [0, 0.05) is 12.6 Å². The van der Waals surface area contributed by atoms with Crippen LogP contribution in [0.1, 0.15) is 66.7 Å². The first kappa shape index (κ1) is 15.0. The predicted molar refractivity (Wildman–Crippen MR) is 74.1 cm³/mol. The van der Waals surface area contributed by atoms with Crippen molar-refractivity contribution in [3.05, 3.63) is 0 Å². The molecule has 1 saturated carbocycles. The van der Waals surface area contributed by atoms with Crippen LogP contribution in [0, 0.1) is 11.3 Å². The van der Waals surface area contributed by atoms with E-state index in [0.717, 1.165) is 13.0 Å². The molecule has 1 aliphatic rings. The molecule has 1 fully saturated rings. The van der Waals surface area contributed by atoms with Crippen molar-refractivity contribution in [3.8, 4) is 0 Å². The highest BCUT2D eigenvalue weighted by molar-refractivity contribution is 4.86. The van der Waals surface area contributed by atoms with Crippen molar-refractivity contribution >= 4 is 0 Å². The zero-order valence-corrected chi connectivity index (χ0v) is 12.3. The Labute approximate surface area is 107 Å². The van der Waals surface area contributed by atoms with Gasteiger partial charge in [0.25, 0.3) is 0 Å². The molecule has 0 aromatic rings. The molecule has 17 heavy (non-hydrogen) atoms. The minimum Gasteiger partial charge on any atom is -0.389 e. The molecule has 2 unspecified atom stereocenters. The molecule has 0 aromatic carbocycles. The maximum Gasteiger partial charge on any atom is 0.0746 e. The zero-order valence-electron chi connectivity index (χ0n) is 12.3. The van der Waals surface area contributed by atoms with Crippen molar-refractivity contribution in [1.29, 1.82) is 0 Å². The molecule has 0 aromatic heterocycles. The molecule has 1 rings (SSSR count). The molecule has 0 aliphatic heterocycles. The minimum absolute atomic E-state index is 0.472. The summed E-state index contributed by atoms with van der Waals surface area (Å²) in [6, 6.07) is 0.595. The van der Waals surface area contributed by atoms with Crippen LogP contribution in [0.4, 0.5) is 0 Å². The van der Waals surface area contributed by atoms with Crippen LogP contribution in [0.25, 0.3) is 0 Å². The van der Waals surface area contributed by atoms with Gasteiger partial charge in [-0.1, -0.05) is 34.1 Å². The van der Waals surface area contributed by atoms with Crippen molar-refractivity contribution in [2.45, 2.75) is 78.4 Å². The maximum atomic E-state index is 10.3. The van der Waals surface area contributed by atoms with Crippen LogP contribution in [0.5, 0.6) is 0 Å². The Kier molecular flexibility index (Phi) is 5.03. The molecule has 0 amide bonds. The van der Waals surface area contributed by atoms with E-state index in [-0.39, 0.29) is 0 Å². The Hall–Kier alpha value is -0.0800. The SMILES string of the molecule is CC(C)CC(C)(O)CNC1CCCC(C)(C)C1. The topological polar surface area (TPSA) is 32.3 Å². The fourth-order valence-electron chi connectivity index (χ4n) is 3.19. The minimum atomic E-state index is -0.560. The maximum absolute atomic E-state index is 10.3. The molecule has 0 bridgehead atoms. The summed E-state index contributed by atoms with van der Waals surface area (Å²) in [6.07, 6.45) is 6.03. The van der Waals surface area contributed by atoms with Gasteiger partial charge in [-0.3, -0.25) is 0 Å². The summed E-state index contributed by atoms with van der Waals surface area (Å²) in [5.74, 6) is 0.551. The van der Waals surface area contributed by atoms with Gasteiger partial charge in [-0.15, -0.1) is 0 Å². The number of hydrogen-bond donors (Lipinski definition) is 2. The molecule has 2 N–H and O–H groups in total. The van der Waals surface area contributed by atoms with Crippen molar-refractivity contribution < 1.29 is 5.11 Å². The second-order valence-corrected chi connectivity index (χ2v) is 7.43. The second-order valence-electron chi connectivity index (χ2n) is 7.43. The Bertz CT molecular complexity index is 233. The van der Waals surface area contributed by atoms with E-state index in [2.05, 4.69) is 33.0 Å². The fraction of sp³-hybridized carbons (Fsp3) is 1.00. The monoisotopic (exact) mass is 241 g/mol. The van der Waals surface area contributed by atoms with E-state index in [1.54, 1.807) is 0 Å². The molecule has 2 atom stereocenters. The van der Waals surface area contributed by atoms with Crippen LogP contribution in [0.3, 0.4) is 0 Å². The molecule has 0 saturated heterocycles. The predicted octanol–water partition coefficient (Wildman–Crippen LogP) is 3.34. The van der Waals surface area contributed by atoms with E-state index in [1.807, 2.05) is 6.92 Å². The van der Waals surface area contributed by atoms with Gasteiger partial charge in [-0.05, 0) is 43.9 Å². The largest absolute Gasteiger partial charge is 0.389 e. The highest BCUT2D eigenvalue weighted by Gasteiger charge is 2.29. The second kappa shape index (κ2) is 5.71. The fourth-order valence-corrected chi connectivity index (χ4v) is 3.19. The van der Waals surface area contributed by atoms with Crippen LogP contribution >= 0.6 is 0 Å². The standard InChI is InChI=1S/C15H31NO/c1-12(2)9-15(5,17)11-16-13-7-6-8-14(3,4)10-13/h12-13,16-17H,6-11H2,1-5H3. The third-order valence-electron chi connectivity index (χ3n) is 3.82. The smallest absolute Gasteiger partial charge is 0.0746 e. The lowest BCUT2D eigenvalue weighted by atomic mass is 9.75. The summed E-state index contributed by atoms with van der Waals surface area (Å²) in [5, 5.41) is 13.9. The summed E-state index contributed by atoms with van der Waals surface area (Å²) in [7, 11) is 0. The quantitative estimate of drug-likeness (QED) is 0.773. The zero-order chi connectivity index (χ0) is 13.1. The van der Waals surface area contributed by atoms with Crippen LogP contribution in [-0.4, -0.2) is 23.3 Å². The van der Waals surface area contributed by atoms with Crippen LogP contribution in [0.2, 0.25) is 0 Å². The van der Waals surface area contributed by atoms with Gasteiger partial charge in [0.2, 0.25) is 0 Å². The molecule has 2 nitrogen and oxygen atoms in total. The highest BCUT2D eigenvalue weighted by atomic mass is 16.3. The van der Waals surface area contributed by atoms with Crippen molar-refractivity contribution in [3.63, 3.8) is 0 Å². The van der Waals surface area contributed by atoms with E-state index in [9.17, 15) is 5.11 Å². The average Bonchev–Trinajstić information content (AvgIpc) is 2.11. The molecular weight excluding hydrogens is 210 g/mol. The normalized spacial score (nSPS) is 28.1. The van der Waals surface area contributed by atoms with Crippen molar-refractivity contribution in [2.24, 2.45) is 11.3 Å².